The van der Waals surface area contributed by atoms with Gasteiger partial charge in [-0.15, -0.1) is 0 Å². The van der Waals surface area contributed by atoms with E-state index in [0.717, 1.165) is 49.1 Å². The number of aromatic amines is 1. The van der Waals surface area contributed by atoms with Gasteiger partial charge in [0.05, 0.1) is 17.1 Å². The van der Waals surface area contributed by atoms with Crippen LogP contribution in [0.15, 0.2) is 24.3 Å². The highest BCUT2D eigenvalue weighted by atomic mass is 16.2. The van der Waals surface area contributed by atoms with Crippen molar-refractivity contribution in [3.63, 3.8) is 0 Å². The van der Waals surface area contributed by atoms with Gasteiger partial charge in [-0.2, -0.15) is 0 Å². The zero-order chi connectivity index (χ0) is 19.8. The second kappa shape index (κ2) is 7.35. The van der Waals surface area contributed by atoms with Gasteiger partial charge in [0, 0.05) is 24.4 Å². The molecule has 2 aromatic rings. The quantitative estimate of drug-likeness (QED) is 0.640. The van der Waals surface area contributed by atoms with E-state index in [4.69, 9.17) is 4.98 Å². The number of H-pyrrole nitrogens is 1. The van der Waals surface area contributed by atoms with Crippen LogP contribution >= 0.6 is 0 Å². The van der Waals surface area contributed by atoms with Crippen molar-refractivity contribution in [1.82, 2.24) is 25.9 Å². The van der Waals surface area contributed by atoms with Crippen LogP contribution in [-0.2, 0) is 4.79 Å². The standard InChI is InChI=1S/C22H29N5O2/c28-18-12-22(13-23-18)10-15(11-22)24-21(29)27-19(14-6-2-1-3-7-14)20-25-16-8-4-5-9-17(16)26-20/h4-5,8-9,14-15,19H,1-3,6-7,10-13H2,(H,23,28)(H,25,26)(H2,24,27,29). The molecule has 29 heavy (non-hydrogen) atoms. The fourth-order valence-corrected chi connectivity index (χ4v) is 5.49. The summed E-state index contributed by atoms with van der Waals surface area (Å²) in [5, 5.41) is 9.27. The Morgan fingerprint density at radius 3 is 2.69 bits per heavy atom. The van der Waals surface area contributed by atoms with Gasteiger partial charge in [0.1, 0.15) is 5.82 Å². The Morgan fingerprint density at radius 2 is 1.97 bits per heavy atom. The van der Waals surface area contributed by atoms with Crippen LogP contribution in [0.1, 0.15) is 63.2 Å². The molecule has 1 aromatic carbocycles. The lowest BCUT2D eigenvalue weighted by atomic mass is 9.65. The van der Waals surface area contributed by atoms with E-state index < -0.39 is 0 Å². The van der Waals surface area contributed by atoms with Crippen LogP contribution in [0.4, 0.5) is 4.79 Å². The first-order valence-corrected chi connectivity index (χ1v) is 10.9. The normalized spacial score (nSPS) is 28.1. The highest BCUT2D eigenvalue weighted by Gasteiger charge is 2.49. The number of benzene rings is 1. The van der Waals surface area contributed by atoms with Crippen molar-refractivity contribution in [3.05, 3.63) is 30.1 Å². The predicted octanol–water partition coefficient (Wildman–Crippen LogP) is 3.15. The van der Waals surface area contributed by atoms with Crippen LogP contribution in [-0.4, -0.2) is 34.5 Å². The number of nitrogens with zero attached hydrogens (tertiary/aromatic N) is 1. The summed E-state index contributed by atoms with van der Waals surface area (Å²) in [6.07, 6.45) is 8.25. The summed E-state index contributed by atoms with van der Waals surface area (Å²) in [4.78, 5) is 32.5. The third-order valence-corrected chi connectivity index (χ3v) is 7.00. The molecule has 1 atom stereocenters. The molecular weight excluding hydrogens is 366 g/mol. The smallest absolute Gasteiger partial charge is 0.315 e. The van der Waals surface area contributed by atoms with E-state index in [1.54, 1.807) is 0 Å². The molecule has 2 heterocycles. The van der Waals surface area contributed by atoms with Gasteiger partial charge in [0.15, 0.2) is 0 Å². The molecule has 7 heteroatoms. The topological polar surface area (TPSA) is 98.9 Å². The zero-order valence-corrected chi connectivity index (χ0v) is 16.7. The Labute approximate surface area is 170 Å². The lowest BCUT2D eigenvalue weighted by Crippen LogP contribution is -2.54. The molecule has 5 rings (SSSR count). The minimum Gasteiger partial charge on any atom is -0.356 e. The minimum absolute atomic E-state index is 0.0660. The molecule has 3 amide bonds. The highest BCUT2D eigenvalue weighted by Crippen LogP contribution is 2.46. The van der Waals surface area contributed by atoms with Crippen LogP contribution in [0.3, 0.4) is 0 Å². The maximum atomic E-state index is 12.8. The Hall–Kier alpha value is -2.57. The van der Waals surface area contributed by atoms with Gasteiger partial charge < -0.3 is 20.9 Å². The molecule has 1 saturated heterocycles. The first-order chi connectivity index (χ1) is 14.1. The summed E-state index contributed by atoms with van der Waals surface area (Å²) in [5.74, 6) is 1.39. The van der Waals surface area contributed by atoms with Gasteiger partial charge >= 0.3 is 6.03 Å². The number of hydrogen-bond donors (Lipinski definition) is 4. The molecule has 1 aliphatic heterocycles. The molecule has 1 unspecified atom stereocenters. The molecule has 154 valence electrons. The summed E-state index contributed by atoms with van der Waals surface area (Å²) in [6.45, 7) is 0.745. The number of nitrogens with one attached hydrogen (secondary N) is 4. The van der Waals surface area contributed by atoms with E-state index >= 15 is 0 Å². The molecule has 1 aromatic heterocycles. The first kappa shape index (κ1) is 18.5. The van der Waals surface area contributed by atoms with E-state index in [9.17, 15) is 9.59 Å². The molecule has 7 nitrogen and oxygen atoms in total. The lowest BCUT2D eigenvalue weighted by molar-refractivity contribution is -0.120. The minimum atomic E-state index is -0.127. The molecule has 2 saturated carbocycles. The lowest BCUT2D eigenvalue weighted by Gasteiger charge is -2.44. The second-order valence-electron chi connectivity index (χ2n) is 9.19. The number of carbonyl (C=O) groups is 2. The van der Waals surface area contributed by atoms with Gasteiger partial charge in [0.2, 0.25) is 5.91 Å². The van der Waals surface area contributed by atoms with Gasteiger partial charge in [-0.25, -0.2) is 9.78 Å². The fraction of sp³-hybridized carbons (Fsp3) is 0.591. The number of rotatable bonds is 4. The third-order valence-electron chi connectivity index (χ3n) is 7.00. The average molecular weight is 396 g/mol. The molecule has 0 bridgehead atoms. The summed E-state index contributed by atoms with van der Waals surface area (Å²) in [7, 11) is 0. The van der Waals surface area contributed by atoms with Crippen LogP contribution in [0, 0.1) is 11.3 Å². The van der Waals surface area contributed by atoms with Crippen LogP contribution in [0.25, 0.3) is 11.0 Å². The number of carbonyl (C=O) groups excluding carboxylic acids is 2. The summed E-state index contributed by atoms with van der Waals surface area (Å²) < 4.78 is 0. The first-order valence-electron chi connectivity index (χ1n) is 10.9. The van der Waals surface area contributed by atoms with Crippen LogP contribution < -0.4 is 16.0 Å². The van der Waals surface area contributed by atoms with E-state index in [1.807, 2.05) is 24.3 Å². The number of hydrogen-bond acceptors (Lipinski definition) is 3. The Morgan fingerprint density at radius 1 is 1.17 bits per heavy atom. The predicted molar refractivity (Wildman–Crippen MR) is 110 cm³/mol. The van der Waals surface area contributed by atoms with Gasteiger partial charge in [-0.1, -0.05) is 31.4 Å². The maximum absolute atomic E-state index is 12.8. The van der Waals surface area contributed by atoms with Crippen molar-refractivity contribution in [2.75, 3.05) is 6.54 Å². The molecule has 3 fully saturated rings. The monoisotopic (exact) mass is 395 g/mol. The number of amides is 3. The Bertz CT molecular complexity index is 878. The van der Waals surface area contributed by atoms with Crippen molar-refractivity contribution in [2.24, 2.45) is 11.3 Å². The number of fused-ring (bicyclic) bond motifs is 1. The zero-order valence-electron chi connectivity index (χ0n) is 16.7. The number of imidazole rings is 1. The molecule has 0 radical (unpaired) electrons. The molecule has 1 spiro atoms. The van der Waals surface area contributed by atoms with Crippen molar-refractivity contribution >= 4 is 23.0 Å². The summed E-state index contributed by atoms with van der Waals surface area (Å²) >= 11 is 0. The highest BCUT2D eigenvalue weighted by molar-refractivity contribution is 5.80. The van der Waals surface area contributed by atoms with Gasteiger partial charge in [-0.05, 0) is 43.7 Å². The second-order valence-corrected chi connectivity index (χ2v) is 9.19. The van der Waals surface area contributed by atoms with Crippen molar-refractivity contribution in [2.45, 2.75) is 63.5 Å². The van der Waals surface area contributed by atoms with E-state index in [1.165, 1.54) is 19.3 Å². The fourth-order valence-electron chi connectivity index (χ4n) is 5.49. The van der Waals surface area contributed by atoms with Gasteiger partial charge in [-0.3, -0.25) is 4.79 Å². The van der Waals surface area contributed by atoms with E-state index in [2.05, 4.69) is 20.9 Å². The Balaban J connectivity index is 1.27. The number of urea groups is 1. The van der Waals surface area contributed by atoms with E-state index in [0.29, 0.717) is 12.3 Å². The van der Waals surface area contributed by atoms with Gasteiger partial charge in [0.25, 0.3) is 0 Å². The number of para-hydroxylation sites is 2. The summed E-state index contributed by atoms with van der Waals surface area (Å²) in [5.41, 5.74) is 2.01. The SMILES string of the molecule is O=C1CC2(CN1)CC(NC(=O)NC(c1nc3ccccc3[nH]1)C1CCCCC1)C2. The van der Waals surface area contributed by atoms with Crippen LogP contribution in [0.2, 0.25) is 0 Å². The van der Waals surface area contributed by atoms with Crippen molar-refractivity contribution in [3.8, 4) is 0 Å². The molecule has 3 aliphatic rings. The van der Waals surface area contributed by atoms with Crippen LogP contribution in [0.5, 0.6) is 0 Å². The van der Waals surface area contributed by atoms with E-state index in [-0.39, 0.29) is 29.4 Å². The number of aromatic nitrogens is 2. The maximum Gasteiger partial charge on any atom is 0.315 e. The Kier molecular flexibility index (Phi) is 4.68. The summed E-state index contributed by atoms with van der Waals surface area (Å²) in [6, 6.07) is 7.91. The van der Waals surface area contributed by atoms with Crippen molar-refractivity contribution in [1.29, 1.82) is 0 Å². The molecule has 4 N–H and O–H groups in total. The largest absolute Gasteiger partial charge is 0.356 e. The third kappa shape index (κ3) is 3.70. The van der Waals surface area contributed by atoms with Crippen molar-refractivity contribution < 1.29 is 9.59 Å². The average Bonchev–Trinajstić information content (AvgIpc) is 3.30. The molecular formula is C22H29N5O2. The molecule has 2 aliphatic carbocycles.